The molecule has 1 amide bonds. The Morgan fingerprint density at radius 2 is 1.87 bits per heavy atom. The van der Waals surface area contributed by atoms with Gasteiger partial charge < -0.3 is 19.1 Å². The Bertz CT molecular complexity index is 1030. The predicted octanol–water partition coefficient (Wildman–Crippen LogP) is 4.37. The van der Waals surface area contributed by atoms with E-state index in [1.807, 2.05) is 32.0 Å². The molecule has 0 bridgehead atoms. The van der Waals surface area contributed by atoms with Gasteiger partial charge in [-0.3, -0.25) is 9.59 Å². The Morgan fingerprint density at radius 1 is 1.19 bits per heavy atom. The fourth-order valence-electron chi connectivity index (χ4n) is 4.41. The minimum absolute atomic E-state index is 0.0555. The molecule has 4 rings (SSSR count). The summed E-state index contributed by atoms with van der Waals surface area (Å²) in [6, 6.07) is 9.09. The van der Waals surface area contributed by atoms with Gasteiger partial charge in [-0.25, -0.2) is 0 Å². The Morgan fingerprint density at radius 3 is 2.55 bits per heavy atom. The second kappa shape index (κ2) is 8.42. The zero-order valence-corrected chi connectivity index (χ0v) is 18.8. The number of carbonyl (C=O) groups is 2. The van der Waals surface area contributed by atoms with Crippen LogP contribution >= 0.6 is 11.6 Å². The van der Waals surface area contributed by atoms with Crippen LogP contribution in [0.25, 0.3) is 0 Å². The molecule has 0 saturated carbocycles. The molecule has 0 radical (unpaired) electrons. The summed E-state index contributed by atoms with van der Waals surface area (Å²) in [5.41, 5.74) is 1.68. The minimum Gasteiger partial charge on any atom is -0.493 e. The molecule has 0 unspecified atom stereocenters. The number of hydrogen-bond acceptors (Lipinski definition) is 5. The molecular formula is C24H26ClNO5. The van der Waals surface area contributed by atoms with Crippen LogP contribution in [0.3, 0.4) is 0 Å². The molecule has 2 heterocycles. The van der Waals surface area contributed by atoms with Crippen molar-refractivity contribution in [3.63, 3.8) is 0 Å². The molecule has 0 N–H and O–H groups in total. The number of likely N-dealkylation sites (tertiary alicyclic amines) is 1. The average Bonchev–Trinajstić information content (AvgIpc) is 2.76. The van der Waals surface area contributed by atoms with Crippen LogP contribution in [-0.2, 0) is 4.79 Å². The maximum atomic E-state index is 12.9. The topological polar surface area (TPSA) is 65.1 Å². The van der Waals surface area contributed by atoms with Gasteiger partial charge in [-0.05, 0) is 43.2 Å². The molecule has 1 spiro atoms. The fraction of sp³-hybridized carbons (Fsp3) is 0.417. The first-order chi connectivity index (χ1) is 14.8. The third kappa shape index (κ3) is 4.09. The highest BCUT2D eigenvalue weighted by Crippen LogP contribution is 2.43. The highest BCUT2D eigenvalue weighted by atomic mass is 35.5. The van der Waals surface area contributed by atoms with Crippen molar-refractivity contribution in [3.05, 3.63) is 52.0 Å². The molecule has 1 fully saturated rings. The Balaban J connectivity index is 1.40. The van der Waals surface area contributed by atoms with E-state index in [0.717, 1.165) is 11.1 Å². The highest BCUT2D eigenvalue weighted by molar-refractivity contribution is 6.32. The zero-order chi connectivity index (χ0) is 22.2. The second-order valence-corrected chi connectivity index (χ2v) is 8.59. The average molecular weight is 444 g/mol. The smallest absolute Gasteiger partial charge is 0.260 e. The summed E-state index contributed by atoms with van der Waals surface area (Å²) in [7, 11) is 1.56. The van der Waals surface area contributed by atoms with Crippen LogP contribution < -0.4 is 14.2 Å². The maximum Gasteiger partial charge on any atom is 0.260 e. The van der Waals surface area contributed by atoms with Gasteiger partial charge in [0.25, 0.3) is 5.91 Å². The number of ketones is 1. The van der Waals surface area contributed by atoms with Crippen LogP contribution in [0.2, 0.25) is 5.02 Å². The van der Waals surface area contributed by atoms with E-state index in [-0.39, 0.29) is 18.3 Å². The first-order valence-corrected chi connectivity index (χ1v) is 10.8. The van der Waals surface area contributed by atoms with Gasteiger partial charge in [-0.2, -0.15) is 0 Å². The van der Waals surface area contributed by atoms with Gasteiger partial charge in [0.2, 0.25) is 0 Å². The van der Waals surface area contributed by atoms with E-state index in [4.69, 9.17) is 25.8 Å². The van der Waals surface area contributed by atoms with Gasteiger partial charge in [0.1, 0.15) is 11.4 Å². The van der Waals surface area contributed by atoms with Gasteiger partial charge >= 0.3 is 0 Å². The van der Waals surface area contributed by atoms with Crippen molar-refractivity contribution in [2.24, 2.45) is 0 Å². The molecule has 1 saturated heterocycles. The van der Waals surface area contributed by atoms with Crippen LogP contribution in [0.5, 0.6) is 17.2 Å². The number of para-hydroxylation sites is 2. The molecule has 0 atom stereocenters. The highest BCUT2D eigenvalue weighted by Gasteiger charge is 2.44. The Hall–Kier alpha value is -2.73. The van der Waals surface area contributed by atoms with Gasteiger partial charge in [-0.1, -0.05) is 23.7 Å². The van der Waals surface area contributed by atoms with Crippen LogP contribution in [0, 0.1) is 13.8 Å². The molecule has 31 heavy (non-hydrogen) atoms. The minimum atomic E-state index is -0.572. The summed E-state index contributed by atoms with van der Waals surface area (Å²) in [6.45, 7) is 4.74. The van der Waals surface area contributed by atoms with Crippen LogP contribution in [-0.4, -0.2) is 49.0 Å². The van der Waals surface area contributed by atoms with Gasteiger partial charge in [0.15, 0.2) is 23.9 Å². The number of hydrogen-bond donors (Lipinski definition) is 0. The number of ether oxygens (including phenoxy) is 3. The lowest BCUT2D eigenvalue weighted by Crippen LogP contribution is -2.53. The number of methoxy groups -OCH3 is 1. The summed E-state index contributed by atoms with van der Waals surface area (Å²) in [6.07, 6.45) is 1.50. The van der Waals surface area contributed by atoms with Crippen molar-refractivity contribution in [1.82, 2.24) is 4.90 Å². The third-order valence-electron chi connectivity index (χ3n) is 6.18. The molecule has 7 heteroatoms. The van der Waals surface area contributed by atoms with E-state index in [1.165, 1.54) is 0 Å². The largest absolute Gasteiger partial charge is 0.493 e. The fourth-order valence-corrected chi connectivity index (χ4v) is 4.56. The summed E-state index contributed by atoms with van der Waals surface area (Å²) >= 11 is 6.33. The number of aryl methyl sites for hydroxylation is 1. The first kappa shape index (κ1) is 21.5. The normalized spacial score (nSPS) is 17.2. The lowest BCUT2D eigenvalue weighted by molar-refractivity contribution is -0.136. The van der Waals surface area contributed by atoms with Crippen molar-refractivity contribution >= 4 is 23.3 Å². The van der Waals surface area contributed by atoms with E-state index in [1.54, 1.807) is 24.1 Å². The number of fused-ring (bicyclic) bond motifs is 1. The molecule has 2 aliphatic rings. The van der Waals surface area contributed by atoms with Gasteiger partial charge in [-0.15, -0.1) is 0 Å². The number of halogens is 1. The van der Waals surface area contributed by atoms with Crippen molar-refractivity contribution in [1.29, 1.82) is 0 Å². The Labute approximate surface area is 187 Å². The number of benzene rings is 2. The molecule has 2 aromatic carbocycles. The SMILES string of the molecule is COc1ccccc1OCC(=O)N1CCC2(CC1)CC(=O)c1c(cc(C)c(Cl)c1C)O2. The number of rotatable bonds is 4. The molecule has 164 valence electrons. The summed E-state index contributed by atoms with van der Waals surface area (Å²) in [5.74, 6) is 1.69. The Kier molecular flexibility index (Phi) is 5.84. The summed E-state index contributed by atoms with van der Waals surface area (Å²) in [5, 5.41) is 0.613. The van der Waals surface area contributed by atoms with Crippen molar-refractivity contribution in [2.75, 3.05) is 26.8 Å². The molecule has 0 aromatic heterocycles. The van der Waals surface area contributed by atoms with Crippen molar-refractivity contribution in [3.8, 4) is 17.2 Å². The lowest BCUT2D eigenvalue weighted by Gasteiger charge is -2.44. The standard InChI is InChI=1S/C24H26ClNO5/c1-15-12-20-22(16(2)23(15)25)17(27)13-24(31-20)8-10-26(11-9-24)21(28)14-30-19-7-5-4-6-18(19)29-3/h4-7,12H,8-11,13-14H2,1-3H3. The van der Waals surface area contributed by atoms with Crippen LogP contribution in [0.15, 0.2) is 30.3 Å². The quantitative estimate of drug-likeness (QED) is 0.702. The molecule has 2 aromatic rings. The third-order valence-corrected chi connectivity index (χ3v) is 6.76. The molecular weight excluding hydrogens is 418 g/mol. The second-order valence-electron chi connectivity index (χ2n) is 8.21. The first-order valence-electron chi connectivity index (χ1n) is 10.4. The van der Waals surface area contributed by atoms with E-state index >= 15 is 0 Å². The zero-order valence-electron chi connectivity index (χ0n) is 18.0. The van der Waals surface area contributed by atoms with E-state index in [9.17, 15) is 9.59 Å². The molecule has 2 aliphatic heterocycles. The van der Waals surface area contributed by atoms with Gasteiger partial charge in [0, 0.05) is 31.0 Å². The molecule has 0 aliphatic carbocycles. The molecule has 6 nitrogen and oxygen atoms in total. The van der Waals surface area contributed by atoms with E-state index in [0.29, 0.717) is 60.2 Å². The monoisotopic (exact) mass is 443 g/mol. The lowest BCUT2D eigenvalue weighted by atomic mass is 9.81. The number of carbonyl (C=O) groups excluding carboxylic acids is 2. The van der Waals surface area contributed by atoms with Crippen LogP contribution in [0.4, 0.5) is 0 Å². The number of nitrogens with zero attached hydrogens (tertiary/aromatic N) is 1. The number of amides is 1. The summed E-state index contributed by atoms with van der Waals surface area (Å²) in [4.78, 5) is 27.4. The number of piperidine rings is 1. The maximum absolute atomic E-state index is 12.9. The number of Topliss-reactive ketones (excluding diaryl/α,β-unsaturated/α-hetero) is 1. The van der Waals surface area contributed by atoms with E-state index in [2.05, 4.69) is 0 Å². The predicted molar refractivity (Wildman–Crippen MR) is 118 cm³/mol. The van der Waals surface area contributed by atoms with E-state index < -0.39 is 5.60 Å². The van der Waals surface area contributed by atoms with Crippen molar-refractivity contribution in [2.45, 2.75) is 38.7 Å². The summed E-state index contributed by atoms with van der Waals surface area (Å²) < 4.78 is 17.3. The van der Waals surface area contributed by atoms with Crippen LogP contribution in [0.1, 0.15) is 40.7 Å². The van der Waals surface area contributed by atoms with Gasteiger partial charge in [0.05, 0.1) is 19.1 Å². The van der Waals surface area contributed by atoms with Crippen molar-refractivity contribution < 1.29 is 23.8 Å².